The third-order valence-corrected chi connectivity index (χ3v) is 27.1. The van der Waals surface area contributed by atoms with Crippen LogP contribution in [0.15, 0.2) is 72.0 Å². The molecule has 16 aliphatic rings. The highest BCUT2D eigenvalue weighted by Crippen LogP contribution is 2.68. The normalized spacial score (nSPS) is 39.4. The molecule has 4 spiro atoms. The third-order valence-electron chi connectivity index (χ3n) is 27.1. The number of aliphatic hydroxyl groups excluding tert-OH is 4. The van der Waals surface area contributed by atoms with Crippen LogP contribution >= 0.6 is 0 Å². The second kappa shape index (κ2) is 20.9. The van der Waals surface area contributed by atoms with Crippen LogP contribution in [-0.2, 0) is 92.8 Å². The molecule has 19 heteroatoms. The minimum Gasteiger partial charge on any atom is -0.497 e. The number of allylic oxidation sites excluding steroid dienone is 2. The summed E-state index contributed by atoms with van der Waals surface area (Å²) in [6.45, 7) is 3.46. The number of ketones is 2. The first kappa shape index (κ1) is 60.9. The van der Waals surface area contributed by atoms with E-state index in [-0.39, 0.29) is 79.8 Å². The number of hydrogen-bond donors (Lipinski definition) is 7. The van der Waals surface area contributed by atoms with Gasteiger partial charge >= 0.3 is 0 Å². The first-order chi connectivity index (χ1) is 44.8. The van der Waals surface area contributed by atoms with Crippen molar-refractivity contribution in [2.24, 2.45) is 0 Å². The van der Waals surface area contributed by atoms with Gasteiger partial charge in [-0.15, -0.1) is 0 Å². The quantitative estimate of drug-likeness (QED) is 0.145. The number of ether oxygens (including phenoxy) is 6. The molecule has 16 atom stereocenters. The fourth-order valence-corrected chi connectivity index (χ4v) is 22.7. The third kappa shape index (κ3) is 7.36. The first-order valence-corrected chi connectivity index (χ1v) is 34.1. The molecule has 494 valence electrons. The smallest absolute Gasteiger partial charge is 0.174 e. The lowest BCUT2D eigenvalue weighted by atomic mass is 9.48. The van der Waals surface area contributed by atoms with Crippen LogP contribution in [0.3, 0.4) is 0 Å². The van der Waals surface area contributed by atoms with Crippen molar-refractivity contribution in [3.05, 3.63) is 139 Å². The first-order valence-electron chi connectivity index (χ1n) is 34.1. The van der Waals surface area contributed by atoms with E-state index in [9.17, 15) is 45.3 Å². The van der Waals surface area contributed by atoms with Crippen LogP contribution < -0.4 is 18.9 Å². The van der Waals surface area contributed by atoms with Gasteiger partial charge in [0.1, 0.15) is 34.9 Å². The number of carbonyl (C=O) groups is 2. The highest BCUT2D eigenvalue weighted by molar-refractivity contribution is 5.91. The molecule has 8 heterocycles. The Kier molecular flexibility index (Phi) is 13.7. The summed E-state index contributed by atoms with van der Waals surface area (Å²) < 4.78 is 36.5. The number of carbonyl (C=O) groups excluding carboxylic acids is 2. The molecule has 8 aliphatic carbocycles. The summed E-state index contributed by atoms with van der Waals surface area (Å²) in [5.41, 5.74) is 9.65. The van der Waals surface area contributed by atoms with E-state index in [1.54, 1.807) is 14.2 Å². The fraction of sp³-hybridized carbons (Fsp3) is 0.595. The standard InChI is InChI=1S/C19H25NO4.C19H21NO3.2C18H21NO4/c1-20-8-7-18-15-11-3-4-12(10-21)16(15)24-17(18)13(23-2)5-6-19(18,22)14(20)9-11;1-20-8-7-19-13-5-6-15(22-2)18(19)23-17-12(10-21)4-3-11(16(17)19)9-14(13)20;2*1-19-7-6-17-14-10-2-3-11(9-20)15(14)23-16(17)12(21)4-5-18(17,22)13(19)8-10/h3-4,13-14,17,21-22H,5-10H2,1-2H3;3-6,14,18,21H,7-10H2,1-2H3;2*2-3,13,16,20,22H,4-9H2,1H3/t13?,14-,17?,18+,19?;14-,18?,19+;2*13-,16?,17+,18?/m1111/s1. The van der Waals surface area contributed by atoms with Gasteiger partial charge < -0.3 is 78.9 Å². The lowest BCUT2D eigenvalue weighted by molar-refractivity contribution is -0.208. The number of piperidine rings is 4. The maximum Gasteiger partial charge on any atom is 0.174 e. The number of Topliss-reactive ketones (excluding diaryl/α,β-unsaturated/α-hetero) is 2. The molecule has 7 fully saturated rings. The van der Waals surface area contributed by atoms with Crippen molar-refractivity contribution in [1.29, 1.82) is 0 Å². The van der Waals surface area contributed by atoms with Gasteiger partial charge in [-0.05, 0) is 165 Å². The molecule has 7 N–H and O–H groups in total. The van der Waals surface area contributed by atoms with E-state index in [2.05, 4.69) is 72.1 Å². The zero-order chi connectivity index (χ0) is 64.4. The van der Waals surface area contributed by atoms with Gasteiger partial charge in [-0.3, -0.25) is 14.5 Å². The molecular formula is C74H88N4O15. The number of methoxy groups -OCH3 is 2. The molecule has 8 aliphatic heterocycles. The second-order valence-corrected chi connectivity index (χ2v) is 30.1. The number of likely N-dealkylation sites (N-methyl/N-ethyl adjacent to an activating group) is 4. The van der Waals surface area contributed by atoms with Gasteiger partial charge in [0.25, 0.3) is 0 Å². The molecular weight excluding hydrogens is 1180 g/mol. The van der Waals surface area contributed by atoms with Crippen LogP contribution in [0.5, 0.6) is 23.0 Å². The van der Waals surface area contributed by atoms with Crippen molar-refractivity contribution < 1.29 is 73.8 Å². The number of aliphatic hydroxyl groups is 7. The van der Waals surface area contributed by atoms with E-state index in [0.717, 1.165) is 158 Å². The molecule has 4 aromatic rings. The highest BCUT2D eigenvalue weighted by Gasteiger charge is 2.76. The topological polar surface area (TPSA) is 244 Å². The van der Waals surface area contributed by atoms with Gasteiger partial charge in [-0.2, -0.15) is 0 Å². The minimum absolute atomic E-state index is 0.0137. The Bertz CT molecular complexity index is 3810. The second-order valence-electron chi connectivity index (χ2n) is 30.1. The molecule has 3 saturated carbocycles. The van der Waals surface area contributed by atoms with Crippen molar-refractivity contribution in [3.8, 4) is 23.0 Å². The molecule has 8 bridgehead atoms. The van der Waals surface area contributed by atoms with Crippen molar-refractivity contribution in [2.45, 2.75) is 209 Å². The molecule has 20 rings (SSSR count). The van der Waals surface area contributed by atoms with E-state index in [4.69, 9.17) is 28.4 Å². The van der Waals surface area contributed by atoms with E-state index in [1.807, 2.05) is 36.4 Å². The van der Waals surface area contributed by atoms with Crippen molar-refractivity contribution >= 4 is 11.6 Å². The Morgan fingerprint density at radius 3 is 1.34 bits per heavy atom. The number of hydrogen-bond acceptors (Lipinski definition) is 19. The number of nitrogens with zero attached hydrogens (tertiary/aromatic N) is 4. The summed E-state index contributed by atoms with van der Waals surface area (Å²) >= 11 is 0. The summed E-state index contributed by atoms with van der Waals surface area (Å²) in [6, 6.07) is 16.8. The molecule has 4 aromatic carbocycles. The summed E-state index contributed by atoms with van der Waals surface area (Å²) in [5.74, 6) is 4.10. The Balaban J connectivity index is 0.0000000946. The molecule has 0 radical (unpaired) electrons. The molecule has 0 amide bonds. The van der Waals surface area contributed by atoms with Gasteiger partial charge in [0, 0.05) is 88.6 Å². The number of likely N-dealkylation sites (tertiary alicyclic amines) is 4. The molecule has 19 nitrogen and oxygen atoms in total. The Morgan fingerprint density at radius 2 is 0.882 bits per heavy atom. The molecule has 93 heavy (non-hydrogen) atoms. The average Bonchev–Trinajstić information content (AvgIpc) is 1.63. The number of rotatable bonds is 6. The van der Waals surface area contributed by atoms with Gasteiger partial charge in [-0.1, -0.05) is 54.6 Å². The summed E-state index contributed by atoms with van der Waals surface area (Å²) in [5, 5.41) is 74.2. The maximum atomic E-state index is 12.6. The lowest BCUT2D eigenvalue weighted by Gasteiger charge is -2.63. The van der Waals surface area contributed by atoms with Crippen LogP contribution in [0.2, 0.25) is 0 Å². The van der Waals surface area contributed by atoms with E-state index >= 15 is 0 Å². The summed E-state index contributed by atoms with van der Waals surface area (Å²) in [7, 11) is 11.9. The average molecular weight is 1270 g/mol. The van der Waals surface area contributed by atoms with Gasteiger partial charge in [0.2, 0.25) is 0 Å². The van der Waals surface area contributed by atoms with E-state index < -0.39 is 45.3 Å². The van der Waals surface area contributed by atoms with Gasteiger partial charge in [-0.25, -0.2) is 0 Å². The van der Waals surface area contributed by atoms with E-state index in [1.165, 1.54) is 22.3 Å². The Labute approximate surface area is 542 Å². The summed E-state index contributed by atoms with van der Waals surface area (Å²) in [6.07, 6.45) is 12.9. The van der Waals surface area contributed by atoms with Crippen LogP contribution in [-0.4, -0.2) is 207 Å². The highest BCUT2D eigenvalue weighted by atomic mass is 16.6. The van der Waals surface area contributed by atoms with Crippen LogP contribution in [0.1, 0.15) is 131 Å². The molecule has 4 saturated heterocycles. The minimum atomic E-state index is -0.926. The maximum absolute atomic E-state index is 12.6. The zero-order valence-electron chi connectivity index (χ0n) is 54.2. The monoisotopic (exact) mass is 1270 g/mol. The lowest BCUT2D eigenvalue weighted by Crippen LogP contribution is -2.76. The van der Waals surface area contributed by atoms with Crippen molar-refractivity contribution in [2.75, 3.05) is 68.6 Å². The zero-order valence-corrected chi connectivity index (χ0v) is 54.2. The predicted octanol–water partition coefficient (Wildman–Crippen LogP) is 3.95. The van der Waals surface area contributed by atoms with Crippen molar-refractivity contribution in [3.63, 3.8) is 0 Å². The van der Waals surface area contributed by atoms with Crippen LogP contribution in [0.25, 0.3) is 0 Å². The van der Waals surface area contributed by atoms with E-state index in [0.29, 0.717) is 43.2 Å². The largest absolute Gasteiger partial charge is 0.497 e. The Hall–Kier alpha value is -5.78. The van der Waals surface area contributed by atoms with Crippen LogP contribution in [0.4, 0.5) is 0 Å². The van der Waals surface area contributed by atoms with Crippen LogP contribution in [0, 0.1) is 0 Å². The fourth-order valence-electron chi connectivity index (χ4n) is 22.7. The van der Waals surface area contributed by atoms with Gasteiger partial charge in [0.05, 0.1) is 78.1 Å². The predicted molar refractivity (Wildman–Crippen MR) is 339 cm³/mol. The summed E-state index contributed by atoms with van der Waals surface area (Å²) in [4.78, 5) is 34.5. The molecule has 0 aromatic heterocycles. The number of benzene rings is 4. The Morgan fingerprint density at radius 1 is 0.473 bits per heavy atom. The molecule has 8 unspecified atom stereocenters. The van der Waals surface area contributed by atoms with Gasteiger partial charge in [0.15, 0.2) is 29.9 Å². The SMILES string of the molecule is CN1CC[C@]23c4c5ccc(CO)c4OC2C(=O)CCC3(O)[C@H]1C5.CN1CC[C@]23c4c5ccc(CO)c4OC2C(=O)CCC3(O)[C@H]1C5.COC1=CC=C2[C@H]3Cc4ccc(CO)c5c4[C@@]2(CCN3C)C1O5.COC1CCC2(O)[C@H]3Cc4ccc(CO)c5c4[C@@]2(CCN3C)C1O5. The van der Waals surface area contributed by atoms with Crippen molar-refractivity contribution in [1.82, 2.24) is 19.6 Å².